The summed E-state index contributed by atoms with van der Waals surface area (Å²) < 4.78 is 18.9. The van der Waals surface area contributed by atoms with Crippen LogP contribution in [0, 0.1) is 16.7 Å². The Balaban J connectivity index is 1.32. The normalized spacial score (nSPS) is 37.7. The Bertz CT molecular complexity index is 648. The lowest BCUT2D eigenvalue weighted by Crippen LogP contribution is -2.61. The minimum atomic E-state index is -1.11. The van der Waals surface area contributed by atoms with Gasteiger partial charge < -0.3 is 19.9 Å². The van der Waals surface area contributed by atoms with E-state index in [4.69, 9.17) is 10.00 Å². The lowest BCUT2D eigenvalue weighted by Gasteiger charge is -2.54. The molecule has 2 unspecified atom stereocenters. The molecule has 5 aliphatic rings. The molecule has 154 valence electrons. The van der Waals surface area contributed by atoms with Gasteiger partial charge in [0.1, 0.15) is 12.2 Å². The van der Waals surface area contributed by atoms with Crippen LogP contribution in [0.2, 0.25) is 0 Å². The van der Waals surface area contributed by atoms with Crippen LogP contribution < -0.4 is 5.32 Å². The first-order chi connectivity index (χ1) is 13.5. The summed E-state index contributed by atoms with van der Waals surface area (Å²) in [5.41, 5.74) is -0.354. The van der Waals surface area contributed by atoms with Crippen molar-refractivity contribution >= 4 is 11.8 Å². The van der Waals surface area contributed by atoms with Crippen LogP contribution in [0.25, 0.3) is 0 Å². The van der Waals surface area contributed by atoms with Crippen LogP contribution >= 0.6 is 0 Å². The molecule has 2 amide bonds. The highest BCUT2D eigenvalue weighted by Crippen LogP contribution is 2.53. The Hall–Kier alpha value is -1.72. The smallest absolute Gasteiger partial charge is 0.237 e. The zero-order chi connectivity index (χ0) is 19.8. The lowest BCUT2D eigenvalue weighted by atomic mass is 9.56. The van der Waals surface area contributed by atoms with Gasteiger partial charge in [0, 0.05) is 30.5 Å². The number of alkyl halides is 1. The minimum Gasteiger partial charge on any atom is -0.378 e. The van der Waals surface area contributed by atoms with E-state index in [-0.39, 0.29) is 42.3 Å². The van der Waals surface area contributed by atoms with E-state index in [9.17, 15) is 14.0 Å². The number of rotatable bonds is 4. The van der Waals surface area contributed by atoms with Crippen molar-refractivity contribution in [1.29, 1.82) is 5.26 Å². The second kappa shape index (κ2) is 7.60. The fourth-order valence-corrected chi connectivity index (χ4v) is 5.42. The molecule has 3 saturated carbocycles. The lowest BCUT2D eigenvalue weighted by molar-refractivity contribution is -0.154. The first kappa shape index (κ1) is 19.6. The van der Waals surface area contributed by atoms with Gasteiger partial charge in [-0.1, -0.05) is 0 Å². The number of ether oxygens (including phenoxy) is 1. The first-order valence-corrected chi connectivity index (χ1v) is 10.4. The maximum atomic E-state index is 13.6. The molecule has 0 aromatic heterocycles. The fourth-order valence-electron chi connectivity index (χ4n) is 5.42. The van der Waals surface area contributed by atoms with Crippen molar-refractivity contribution in [2.75, 3.05) is 39.4 Å². The molecule has 0 aromatic rings. The van der Waals surface area contributed by atoms with Crippen molar-refractivity contribution in [3.05, 3.63) is 0 Å². The van der Waals surface area contributed by atoms with Crippen LogP contribution in [0.3, 0.4) is 0 Å². The van der Waals surface area contributed by atoms with Crippen molar-refractivity contribution in [2.45, 2.75) is 62.7 Å². The Labute approximate surface area is 165 Å². The number of halogens is 1. The van der Waals surface area contributed by atoms with Gasteiger partial charge in [0.05, 0.1) is 32.4 Å². The van der Waals surface area contributed by atoms with Gasteiger partial charge in [-0.15, -0.1) is 0 Å². The summed E-state index contributed by atoms with van der Waals surface area (Å²) in [6.45, 7) is 2.76. The predicted molar refractivity (Wildman–Crippen MR) is 98.9 cm³/mol. The number of nitrogens with one attached hydrogen (secondary N) is 1. The monoisotopic (exact) mass is 392 g/mol. The van der Waals surface area contributed by atoms with Crippen molar-refractivity contribution in [2.24, 2.45) is 5.41 Å². The van der Waals surface area contributed by atoms with Gasteiger partial charge in [-0.05, 0) is 38.5 Å². The van der Waals surface area contributed by atoms with Crippen LogP contribution in [-0.2, 0) is 14.3 Å². The third kappa shape index (κ3) is 3.50. The number of likely N-dealkylation sites (tertiary alicyclic amines) is 1. The predicted octanol–water partition coefficient (Wildman–Crippen LogP) is 0.990. The Kier molecular flexibility index (Phi) is 5.32. The third-order valence-corrected chi connectivity index (χ3v) is 7.33. The molecule has 7 nitrogen and oxygen atoms in total. The standard InChI is InChI=1S/C20H29FN4O3/c21-15-11-16(12-22)25(14-15)17(26)13-23-20-4-1-19(2-5-20,3-6-20)18(27)24-7-9-28-10-8-24/h15-16,23H,1-11,13-14H2. The highest BCUT2D eigenvalue weighted by molar-refractivity contribution is 5.83. The van der Waals surface area contributed by atoms with Crippen LogP contribution in [0.15, 0.2) is 0 Å². The van der Waals surface area contributed by atoms with E-state index in [2.05, 4.69) is 5.32 Å². The molecule has 0 spiro atoms. The molecular formula is C20H29FN4O3. The molecule has 2 heterocycles. The van der Waals surface area contributed by atoms with E-state index in [1.807, 2.05) is 11.0 Å². The maximum Gasteiger partial charge on any atom is 0.237 e. The topological polar surface area (TPSA) is 85.7 Å². The third-order valence-electron chi connectivity index (χ3n) is 7.33. The quantitative estimate of drug-likeness (QED) is 0.771. The Morgan fingerprint density at radius 3 is 2.39 bits per heavy atom. The van der Waals surface area contributed by atoms with Gasteiger partial charge >= 0.3 is 0 Å². The minimum absolute atomic E-state index is 0.0168. The number of morpholine rings is 1. The van der Waals surface area contributed by atoms with Crippen molar-refractivity contribution in [3.8, 4) is 6.07 Å². The van der Waals surface area contributed by atoms with Gasteiger partial charge in [0.2, 0.25) is 11.8 Å². The molecule has 0 radical (unpaired) electrons. The molecule has 28 heavy (non-hydrogen) atoms. The molecule has 8 heteroatoms. The van der Waals surface area contributed by atoms with Crippen molar-refractivity contribution < 1.29 is 18.7 Å². The molecule has 0 aromatic carbocycles. The molecule has 2 saturated heterocycles. The number of carbonyl (C=O) groups excluding carboxylic acids is 2. The van der Waals surface area contributed by atoms with Crippen LogP contribution in [0.4, 0.5) is 4.39 Å². The molecule has 5 fully saturated rings. The number of nitriles is 1. The number of hydrogen-bond donors (Lipinski definition) is 1. The van der Waals surface area contributed by atoms with Crippen molar-refractivity contribution in [1.82, 2.24) is 15.1 Å². The molecule has 2 atom stereocenters. The van der Waals surface area contributed by atoms with Crippen LogP contribution in [0.5, 0.6) is 0 Å². The summed E-state index contributed by atoms with van der Waals surface area (Å²) in [6, 6.07) is 1.38. The summed E-state index contributed by atoms with van der Waals surface area (Å²) in [7, 11) is 0. The van der Waals surface area contributed by atoms with Gasteiger partial charge in [0.15, 0.2) is 0 Å². The number of amides is 2. The molecule has 5 rings (SSSR count). The van der Waals surface area contributed by atoms with E-state index in [0.29, 0.717) is 26.3 Å². The van der Waals surface area contributed by atoms with Crippen LogP contribution in [0.1, 0.15) is 44.9 Å². The average molecular weight is 392 g/mol. The Morgan fingerprint density at radius 1 is 1.14 bits per heavy atom. The summed E-state index contributed by atoms with van der Waals surface area (Å²) >= 11 is 0. The summed E-state index contributed by atoms with van der Waals surface area (Å²) in [4.78, 5) is 28.9. The number of hydrogen-bond acceptors (Lipinski definition) is 5. The van der Waals surface area contributed by atoms with Gasteiger partial charge in [-0.3, -0.25) is 9.59 Å². The highest BCUT2D eigenvalue weighted by Gasteiger charge is 2.53. The zero-order valence-corrected chi connectivity index (χ0v) is 16.3. The molecule has 1 N–H and O–H groups in total. The molecule has 2 aliphatic heterocycles. The second-order valence-electron chi connectivity index (χ2n) is 8.84. The van der Waals surface area contributed by atoms with E-state index in [0.717, 1.165) is 38.5 Å². The van der Waals surface area contributed by atoms with E-state index < -0.39 is 12.2 Å². The first-order valence-electron chi connectivity index (χ1n) is 10.4. The summed E-state index contributed by atoms with van der Waals surface area (Å²) in [6.07, 6.45) is 4.18. The summed E-state index contributed by atoms with van der Waals surface area (Å²) in [5, 5.41) is 12.6. The van der Waals surface area contributed by atoms with E-state index >= 15 is 0 Å². The Morgan fingerprint density at radius 2 is 1.79 bits per heavy atom. The second-order valence-corrected chi connectivity index (χ2v) is 8.84. The van der Waals surface area contributed by atoms with Gasteiger partial charge in [-0.2, -0.15) is 5.26 Å². The zero-order valence-electron chi connectivity index (χ0n) is 16.3. The van der Waals surface area contributed by atoms with Crippen LogP contribution in [-0.4, -0.2) is 78.8 Å². The SMILES string of the molecule is N#CC1CC(F)CN1C(=O)CNC12CCC(C(=O)N3CCOCC3)(CC1)CC2. The van der Waals surface area contributed by atoms with E-state index in [1.165, 1.54) is 4.90 Å². The highest BCUT2D eigenvalue weighted by atomic mass is 19.1. The maximum absolute atomic E-state index is 13.6. The summed E-state index contributed by atoms with van der Waals surface area (Å²) in [5.74, 6) is 0.0796. The number of nitrogens with zero attached hydrogens (tertiary/aromatic N) is 3. The average Bonchev–Trinajstić information content (AvgIpc) is 3.14. The number of carbonyl (C=O) groups is 2. The van der Waals surface area contributed by atoms with Gasteiger partial charge in [-0.25, -0.2) is 4.39 Å². The fraction of sp³-hybridized carbons (Fsp3) is 0.850. The molecular weight excluding hydrogens is 363 g/mol. The molecule has 3 aliphatic carbocycles. The van der Waals surface area contributed by atoms with E-state index in [1.54, 1.807) is 0 Å². The van der Waals surface area contributed by atoms with Gasteiger partial charge in [0.25, 0.3) is 0 Å². The largest absolute Gasteiger partial charge is 0.378 e. The van der Waals surface area contributed by atoms with Crippen molar-refractivity contribution in [3.63, 3.8) is 0 Å². The molecule has 2 bridgehead atoms. The number of fused-ring (bicyclic) bond motifs is 3.